The first-order valence-corrected chi connectivity index (χ1v) is 9.44. The Labute approximate surface area is 171 Å². The van der Waals surface area contributed by atoms with Crippen LogP contribution < -0.4 is 19.9 Å². The van der Waals surface area contributed by atoms with Crippen LogP contribution in [-0.4, -0.2) is 40.8 Å². The summed E-state index contributed by atoms with van der Waals surface area (Å²) >= 11 is 1.33. The van der Waals surface area contributed by atoms with Crippen molar-refractivity contribution in [3.8, 4) is 29.6 Å². The molecule has 3 rings (SSSR count). The molecule has 0 aliphatic heterocycles. The molecule has 29 heavy (non-hydrogen) atoms. The number of nitrogens with two attached hydrogens (primary N) is 1. The van der Waals surface area contributed by atoms with Gasteiger partial charge in [-0.2, -0.15) is 14.4 Å². The quantitative estimate of drug-likeness (QED) is 0.339. The van der Waals surface area contributed by atoms with E-state index in [1.807, 2.05) is 0 Å². The smallest absolute Gasteiger partial charge is 0.312 e. The molecule has 8 nitrogen and oxygen atoms in total. The number of benzene rings is 1. The average molecular weight is 417 g/mol. The fraction of sp³-hybridized carbons (Fsp3) is 0.316. The standard InChI is InChI=1S/C19H20FN5O3S/c1-5-6-7-8-25-17-14(16(21)23-18(20)24-17)22-19(25)29-11-9-12(26-2)15(28-4)13(10-11)27-3/h1,9-10H,6-8H2,2-4H3,(H2,21,23,24). The predicted octanol–water partition coefficient (Wildman–Crippen LogP) is 3.14. The topological polar surface area (TPSA) is 97.3 Å². The summed E-state index contributed by atoms with van der Waals surface area (Å²) in [7, 11) is 4.62. The molecule has 0 radical (unpaired) electrons. The molecule has 2 heterocycles. The summed E-state index contributed by atoms with van der Waals surface area (Å²) in [6.45, 7) is 0.503. The van der Waals surface area contributed by atoms with Gasteiger partial charge in [-0.15, -0.1) is 12.3 Å². The Balaban J connectivity index is 2.09. The van der Waals surface area contributed by atoms with E-state index in [0.717, 1.165) is 4.90 Å². The maximum atomic E-state index is 13.8. The Morgan fingerprint density at radius 3 is 2.41 bits per heavy atom. The maximum absolute atomic E-state index is 13.8. The molecule has 0 atom stereocenters. The van der Waals surface area contributed by atoms with Gasteiger partial charge in [-0.1, -0.05) is 11.8 Å². The molecule has 0 bridgehead atoms. The largest absolute Gasteiger partial charge is 0.493 e. The molecule has 2 aromatic heterocycles. The molecule has 0 aliphatic carbocycles. The van der Waals surface area contributed by atoms with Crippen LogP contribution in [0.15, 0.2) is 22.2 Å². The summed E-state index contributed by atoms with van der Waals surface area (Å²) in [5.41, 5.74) is 6.51. The van der Waals surface area contributed by atoms with Crippen molar-refractivity contribution in [2.45, 2.75) is 29.4 Å². The van der Waals surface area contributed by atoms with Crippen molar-refractivity contribution in [3.05, 3.63) is 18.2 Å². The normalized spacial score (nSPS) is 10.7. The van der Waals surface area contributed by atoms with Gasteiger partial charge in [0.2, 0.25) is 5.75 Å². The molecular weight excluding hydrogens is 397 g/mol. The molecular formula is C19H20FN5O3S. The molecule has 3 aromatic rings. The van der Waals surface area contributed by atoms with Crippen LogP contribution in [0.1, 0.15) is 12.8 Å². The highest BCUT2D eigenvalue weighted by atomic mass is 32.2. The number of aromatic nitrogens is 4. The van der Waals surface area contributed by atoms with Crippen molar-refractivity contribution in [1.29, 1.82) is 0 Å². The number of nitrogen functional groups attached to an aromatic ring is 1. The van der Waals surface area contributed by atoms with Crippen LogP contribution in [0.3, 0.4) is 0 Å². The number of rotatable bonds is 8. The summed E-state index contributed by atoms with van der Waals surface area (Å²) in [4.78, 5) is 12.7. The fourth-order valence-electron chi connectivity index (χ4n) is 2.81. The Kier molecular flexibility index (Phi) is 6.29. The van der Waals surface area contributed by atoms with Gasteiger partial charge in [0, 0.05) is 17.9 Å². The van der Waals surface area contributed by atoms with Gasteiger partial charge in [-0.25, -0.2) is 4.98 Å². The predicted molar refractivity (Wildman–Crippen MR) is 108 cm³/mol. The van der Waals surface area contributed by atoms with E-state index in [9.17, 15) is 4.39 Å². The minimum atomic E-state index is -0.905. The van der Waals surface area contributed by atoms with E-state index in [-0.39, 0.29) is 5.82 Å². The number of anilines is 1. The van der Waals surface area contributed by atoms with E-state index in [1.54, 1.807) is 30.9 Å². The third-order valence-electron chi connectivity index (χ3n) is 4.11. The lowest BCUT2D eigenvalue weighted by atomic mass is 10.3. The van der Waals surface area contributed by atoms with E-state index in [2.05, 4.69) is 20.9 Å². The highest BCUT2D eigenvalue weighted by molar-refractivity contribution is 7.99. The Morgan fingerprint density at radius 2 is 1.83 bits per heavy atom. The van der Waals surface area contributed by atoms with Crippen molar-refractivity contribution in [2.75, 3.05) is 27.1 Å². The lowest BCUT2D eigenvalue weighted by Crippen LogP contribution is -2.04. The molecule has 152 valence electrons. The number of nitrogens with zero attached hydrogens (tertiary/aromatic N) is 4. The van der Waals surface area contributed by atoms with Crippen LogP contribution >= 0.6 is 11.8 Å². The molecule has 0 spiro atoms. The summed E-state index contributed by atoms with van der Waals surface area (Å²) < 4.78 is 31.7. The van der Waals surface area contributed by atoms with Crippen molar-refractivity contribution < 1.29 is 18.6 Å². The van der Waals surface area contributed by atoms with Crippen molar-refractivity contribution in [2.24, 2.45) is 0 Å². The van der Waals surface area contributed by atoms with Crippen molar-refractivity contribution in [1.82, 2.24) is 19.5 Å². The monoisotopic (exact) mass is 417 g/mol. The number of terminal acetylenes is 1. The summed E-state index contributed by atoms with van der Waals surface area (Å²) in [5.74, 6) is 4.08. The lowest BCUT2D eigenvalue weighted by Gasteiger charge is -2.14. The third-order valence-corrected chi connectivity index (χ3v) is 5.08. The number of hydrogen-bond acceptors (Lipinski definition) is 8. The second-order valence-electron chi connectivity index (χ2n) is 5.87. The van der Waals surface area contributed by atoms with Crippen LogP contribution in [-0.2, 0) is 6.54 Å². The minimum absolute atomic E-state index is 0.0186. The van der Waals surface area contributed by atoms with Gasteiger partial charge in [0.05, 0.1) is 21.3 Å². The molecule has 0 unspecified atom stereocenters. The van der Waals surface area contributed by atoms with Gasteiger partial charge in [0.25, 0.3) is 0 Å². The molecule has 2 N–H and O–H groups in total. The molecule has 1 aromatic carbocycles. The number of aryl methyl sites for hydroxylation is 1. The zero-order valence-corrected chi connectivity index (χ0v) is 17.0. The molecule has 10 heteroatoms. The highest BCUT2D eigenvalue weighted by Crippen LogP contribution is 2.42. The van der Waals surface area contributed by atoms with E-state index in [0.29, 0.717) is 53.0 Å². The van der Waals surface area contributed by atoms with Crippen molar-refractivity contribution >= 4 is 28.7 Å². The molecule has 0 fully saturated rings. The Morgan fingerprint density at radius 1 is 1.14 bits per heavy atom. The highest BCUT2D eigenvalue weighted by Gasteiger charge is 2.20. The van der Waals surface area contributed by atoms with E-state index < -0.39 is 6.08 Å². The number of halogens is 1. The van der Waals surface area contributed by atoms with Gasteiger partial charge in [-0.3, -0.25) is 0 Å². The van der Waals surface area contributed by atoms with E-state index >= 15 is 0 Å². The maximum Gasteiger partial charge on any atom is 0.312 e. The van der Waals surface area contributed by atoms with Crippen LogP contribution in [0.5, 0.6) is 17.2 Å². The van der Waals surface area contributed by atoms with Gasteiger partial charge >= 0.3 is 6.08 Å². The lowest BCUT2D eigenvalue weighted by molar-refractivity contribution is 0.323. The van der Waals surface area contributed by atoms with Gasteiger partial charge in [0.15, 0.2) is 33.6 Å². The number of unbranched alkanes of at least 4 members (excludes halogenated alkanes) is 1. The van der Waals surface area contributed by atoms with Gasteiger partial charge < -0.3 is 24.5 Å². The molecule has 0 aliphatic rings. The van der Waals surface area contributed by atoms with Crippen molar-refractivity contribution in [3.63, 3.8) is 0 Å². The number of hydrogen-bond donors (Lipinski definition) is 1. The Bertz CT molecular complexity index is 1050. The van der Waals surface area contributed by atoms with Crippen LogP contribution in [0.2, 0.25) is 0 Å². The second kappa shape index (κ2) is 8.87. The second-order valence-corrected chi connectivity index (χ2v) is 6.91. The van der Waals surface area contributed by atoms with Crippen LogP contribution in [0.4, 0.5) is 10.2 Å². The first-order valence-electron chi connectivity index (χ1n) is 8.63. The summed E-state index contributed by atoms with van der Waals surface area (Å²) in [6.07, 6.45) is 5.69. The average Bonchev–Trinajstić information content (AvgIpc) is 3.04. The summed E-state index contributed by atoms with van der Waals surface area (Å²) in [6, 6.07) is 3.60. The Hall–Kier alpha value is -3.19. The number of ether oxygens (including phenoxy) is 3. The van der Waals surface area contributed by atoms with Crippen LogP contribution in [0, 0.1) is 18.4 Å². The fourth-order valence-corrected chi connectivity index (χ4v) is 3.78. The zero-order valence-electron chi connectivity index (χ0n) is 16.2. The molecule has 0 amide bonds. The van der Waals surface area contributed by atoms with Gasteiger partial charge in [0.1, 0.15) is 0 Å². The van der Waals surface area contributed by atoms with E-state index in [4.69, 9.17) is 26.4 Å². The van der Waals surface area contributed by atoms with Gasteiger partial charge in [-0.05, 0) is 18.6 Å². The first kappa shape index (κ1) is 20.5. The van der Waals surface area contributed by atoms with E-state index in [1.165, 1.54) is 18.9 Å². The minimum Gasteiger partial charge on any atom is -0.493 e. The first-order chi connectivity index (χ1) is 14.0. The molecule has 0 saturated carbocycles. The van der Waals surface area contributed by atoms with Crippen LogP contribution in [0.25, 0.3) is 11.2 Å². The number of fused-ring (bicyclic) bond motifs is 1. The SMILES string of the molecule is C#CCCCn1c(Sc2cc(OC)c(OC)c(OC)c2)nc2c(N)nc(F)nc21. The zero-order chi connectivity index (χ0) is 21.0. The number of methoxy groups -OCH3 is 3. The molecule has 0 saturated heterocycles. The summed E-state index contributed by atoms with van der Waals surface area (Å²) in [5, 5.41) is 0.567. The third kappa shape index (κ3) is 4.14. The number of imidazole rings is 1.